The number of rotatable bonds is 3. The first-order valence-electron chi connectivity index (χ1n) is 8.87. The summed E-state index contributed by atoms with van der Waals surface area (Å²) in [6.07, 6.45) is 6.62. The molecule has 0 radical (unpaired) electrons. The molecule has 126 valence electrons. The highest BCUT2D eigenvalue weighted by Crippen LogP contribution is 2.31. The highest BCUT2D eigenvalue weighted by molar-refractivity contribution is 5.74. The molecule has 0 fully saturated rings. The number of nitrogens with zero attached hydrogens (tertiary/aromatic N) is 2. The van der Waals surface area contributed by atoms with Crippen LogP contribution >= 0.6 is 0 Å². The topological polar surface area (TPSA) is 61.0 Å². The Bertz CT molecular complexity index is 752. The van der Waals surface area contributed by atoms with Crippen molar-refractivity contribution in [1.82, 2.24) is 20.4 Å². The van der Waals surface area contributed by atoms with Crippen LogP contribution in [0.15, 0.2) is 24.3 Å². The van der Waals surface area contributed by atoms with Gasteiger partial charge in [0.15, 0.2) is 0 Å². The average Bonchev–Trinajstić information content (AvgIpc) is 3.20. The Morgan fingerprint density at radius 3 is 3.04 bits per heavy atom. The van der Waals surface area contributed by atoms with E-state index in [0.717, 1.165) is 31.4 Å². The fourth-order valence-electron chi connectivity index (χ4n) is 3.94. The van der Waals surface area contributed by atoms with Gasteiger partial charge in [-0.15, -0.1) is 0 Å². The number of aromatic nitrogens is 2. The molecule has 24 heavy (non-hydrogen) atoms. The summed E-state index contributed by atoms with van der Waals surface area (Å²) < 4.78 is 0. The number of aromatic amines is 1. The van der Waals surface area contributed by atoms with Gasteiger partial charge in [0.25, 0.3) is 0 Å². The third kappa shape index (κ3) is 2.79. The van der Waals surface area contributed by atoms with Crippen molar-refractivity contribution < 1.29 is 4.79 Å². The van der Waals surface area contributed by atoms with E-state index in [9.17, 15) is 4.79 Å². The summed E-state index contributed by atoms with van der Waals surface area (Å²) in [6, 6.07) is 8.49. The second-order valence-corrected chi connectivity index (χ2v) is 6.93. The molecule has 1 aromatic carbocycles. The molecule has 4 rings (SSSR count). The monoisotopic (exact) mass is 324 g/mol. The molecule has 1 atom stereocenters. The lowest BCUT2D eigenvalue weighted by Gasteiger charge is -2.22. The van der Waals surface area contributed by atoms with E-state index < -0.39 is 0 Å². The SMILES string of the molecule is CN(Cc1n[nH]c2c1CCCC2)C(=O)N[C@@H]1CCc2ccccc21. The number of benzene rings is 1. The van der Waals surface area contributed by atoms with E-state index in [1.807, 2.05) is 13.1 Å². The standard InChI is InChI=1S/C19H24N4O/c1-23(12-18-15-8-4-5-9-17(15)21-22-18)19(24)20-16-11-10-13-6-2-3-7-14(13)16/h2-3,6-7,16H,4-5,8-12H2,1H3,(H,20,24)(H,21,22)/t16-/m1/s1. The Morgan fingerprint density at radius 2 is 2.12 bits per heavy atom. The Balaban J connectivity index is 1.41. The Morgan fingerprint density at radius 1 is 1.29 bits per heavy atom. The normalized spacial score (nSPS) is 18.8. The lowest BCUT2D eigenvalue weighted by Crippen LogP contribution is -2.38. The second-order valence-electron chi connectivity index (χ2n) is 6.93. The predicted molar refractivity (Wildman–Crippen MR) is 92.7 cm³/mol. The van der Waals surface area contributed by atoms with Crippen molar-refractivity contribution in [1.29, 1.82) is 0 Å². The zero-order valence-electron chi connectivity index (χ0n) is 14.1. The number of nitrogens with one attached hydrogen (secondary N) is 2. The predicted octanol–water partition coefficient (Wildman–Crippen LogP) is 3.12. The maximum Gasteiger partial charge on any atom is 0.317 e. The number of fused-ring (bicyclic) bond motifs is 2. The molecular weight excluding hydrogens is 300 g/mol. The lowest BCUT2D eigenvalue weighted by atomic mass is 9.96. The largest absolute Gasteiger partial charge is 0.331 e. The summed E-state index contributed by atoms with van der Waals surface area (Å²) in [5, 5.41) is 10.8. The highest BCUT2D eigenvalue weighted by Gasteiger charge is 2.25. The molecule has 5 nitrogen and oxygen atoms in total. The molecule has 2 aliphatic carbocycles. The minimum absolute atomic E-state index is 0.0238. The summed E-state index contributed by atoms with van der Waals surface area (Å²) in [5.41, 5.74) is 6.22. The quantitative estimate of drug-likeness (QED) is 0.911. The van der Waals surface area contributed by atoms with E-state index in [2.05, 4.69) is 33.7 Å². The van der Waals surface area contributed by atoms with Crippen molar-refractivity contribution in [3.05, 3.63) is 52.3 Å². The zero-order chi connectivity index (χ0) is 16.5. The van der Waals surface area contributed by atoms with Gasteiger partial charge in [-0.05, 0) is 55.2 Å². The molecule has 1 aromatic heterocycles. The first-order valence-corrected chi connectivity index (χ1v) is 8.87. The lowest BCUT2D eigenvalue weighted by molar-refractivity contribution is 0.202. The van der Waals surface area contributed by atoms with Gasteiger partial charge in [-0.3, -0.25) is 5.10 Å². The van der Waals surface area contributed by atoms with Gasteiger partial charge in [-0.2, -0.15) is 5.10 Å². The Hall–Kier alpha value is -2.30. The van der Waals surface area contributed by atoms with Crippen molar-refractivity contribution in [2.45, 2.75) is 51.1 Å². The van der Waals surface area contributed by atoms with E-state index in [-0.39, 0.29) is 12.1 Å². The number of amides is 2. The van der Waals surface area contributed by atoms with Gasteiger partial charge in [0.1, 0.15) is 0 Å². The fraction of sp³-hybridized carbons (Fsp3) is 0.474. The van der Waals surface area contributed by atoms with E-state index >= 15 is 0 Å². The fourth-order valence-corrected chi connectivity index (χ4v) is 3.94. The molecule has 0 saturated heterocycles. The molecular formula is C19H24N4O. The number of carbonyl (C=O) groups excluding carboxylic acids is 1. The summed E-state index contributed by atoms with van der Waals surface area (Å²) in [5.74, 6) is 0. The molecule has 2 aromatic rings. The minimum Gasteiger partial charge on any atom is -0.331 e. The molecule has 1 heterocycles. The highest BCUT2D eigenvalue weighted by atomic mass is 16.2. The summed E-state index contributed by atoms with van der Waals surface area (Å²) in [7, 11) is 1.85. The number of hydrogen-bond donors (Lipinski definition) is 2. The number of hydrogen-bond acceptors (Lipinski definition) is 2. The third-order valence-corrected chi connectivity index (χ3v) is 5.31. The average molecular weight is 324 g/mol. The van der Waals surface area contributed by atoms with E-state index in [4.69, 9.17) is 0 Å². The van der Waals surface area contributed by atoms with E-state index in [0.29, 0.717) is 6.54 Å². The molecule has 2 amide bonds. The van der Waals surface area contributed by atoms with Crippen LogP contribution in [0.1, 0.15) is 53.4 Å². The molecule has 0 spiro atoms. The molecule has 0 unspecified atom stereocenters. The van der Waals surface area contributed by atoms with Gasteiger partial charge < -0.3 is 10.2 Å². The van der Waals surface area contributed by atoms with Crippen molar-refractivity contribution >= 4 is 6.03 Å². The van der Waals surface area contributed by atoms with Crippen LogP contribution in [0, 0.1) is 0 Å². The minimum atomic E-state index is -0.0238. The molecule has 5 heteroatoms. The van der Waals surface area contributed by atoms with Crippen molar-refractivity contribution in [3.63, 3.8) is 0 Å². The molecule has 2 aliphatic rings. The van der Waals surface area contributed by atoms with Gasteiger partial charge in [-0.25, -0.2) is 4.79 Å². The first-order chi connectivity index (χ1) is 11.7. The van der Waals surface area contributed by atoms with Gasteiger partial charge in [-0.1, -0.05) is 24.3 Å². The molecule has 2 N–H and O–H groups in total. The van der Waals surface area contributed by atoms with Crippen LogP contribution in [0.2, 0.25) is 0 Å². The number of urea groups is 1. The van der Waals surface area contributed by atoms with Crippen LogP contribution in [-0.2, 0) is 25.8 Å². The van der Waals surface area contributed by atoms with Crippen LogP contribution in [0.25, 0.3) is 0 Å². The van der Waals surface area contributed by atoms with Crippen molar-refractivity contribution in [2.75, 3.05) is 7.05 Å². The second kappa shape index (κ2) is 6.30. The van der Waals surface area contributed by atoms with Crippen LogP contribution < -0.4 is 5.32 Å². The Labute approximate surface area is 142 Å². The van der Waals surface area contributed by atoms with E-state index in [1.54, 1.807) is 4.90 Å². The molecule has 0 bridgehead atoms. The molecule has 0 saturated carbocycles. The van der Waals surface area contributed by atoms with Gasteiger partial charge in [0, 0.05) is 12.7 Å². The van der Waals surface area contributed by atoms with Crippen LogP contribution in [-0.4, -0.2) is 28.2 Å². The number of H-pyrrole nitrogens is 1. The summed E-state index contributed by atoms with van der Waals surface area (Å²) in [6.45, 7) is 0.562. The smallest absolute Gasteiger partial charge is 0.317 e. The van der Waals surface area contributed by atoms with Crippen molar-refractivity contribution in [2.24, 2.45) is 0 Å². The summed E-state index contributed by atoms with van der Waals surface area (Å²) >= 11 is 0. The maximum atomic E-state index is 12.6. The van der Waals surface area contributed by atoms with Gasteiger partial charge >= 0.3 is 6.03 Å². The third-order valence-electron chi connectivity index (χ3n) is 5.31. The van der Waals surface area contributed by atoms with Crippen LogP contribution in [0.4, 0.5) is 4.79 Å². The zero-order valence-corrected chi connectivity index (χ0v) is 14.1. The number of aryl methyl sites for hydroxylation is 2. The summed E-state index contributed by atoms with van der Waals surface area (Å²) in [4.78, 5) is 14.3. The Kier molecular flexibility index (Phi) is 4.00. The van der Waals surface area contributed by atoms with Crippen LogP contribution in [0.3, 0.4) is 0 Å². The van der Waals surface area contributed by atoms with Gasteiger partial charge in [0.2, 0.25) is 0 Å². The van der Waals surface area contributed by atoms with Gasteiger partial charge in [0.05, 0.1) is 18.3 Å². The molecule has 0 aliphatic heterocycles. The maximum absolute atomic E-state index is 12.6. The van der Waals surface area contributed by atoms with Crippen molar-refractivity contribution in [3.8, 4) is 0 Å². The van der Waals surface area contributed by atoms with E-state index in [1.165, 1.54) is 35.2 Å². The van der Waals surface area contributed by atoms with Crippen LogP contribution in [0.5, 0.6) is 0 Å². The number of carbonyl (C=O) groups is 1. The first kappa shape index (κ1) is 15.2.